The van der Waals surface area contributed by atoms with Crippen LogP contribution < -0.4 is 5.73 Å². The molecule has 94 valence electrons. The van der Waals surface area contributed by atoms with Gasteiger partial charge in [-0.05, 0) is 17.7 Å². The third-order valence-corrected chi connectivity index (χ3v) is 3.08. The summed E-state index contributed by atoms with van der Waals surface area (Å²) in [7, 11) is 0. The Morgan fingerprint density at radius 3 is 2.61 bits per heavy atom. The van der Waals surface area contributed by atoms with Gasteiger partial charge in [0.15, 0.2) is 0 Å². The van der Waals surface area contributed by atoms with E-state index in [9.17, 15) is 4.79 Å². The van der Waals surface area contributed by atoms with Crippen molar-refractivity contribution in [3.05, 3.63) is 41.3 Å². The first-order chi connectivity index (χ1) is 8.69. The average Bonchev–Trinajstić information content (AvgIpc) is 2.85. The van der Waals surface area contributed by atoms with Gasteiger partial charge in [0.1, 0.15) is 0 Å². The fourth-order valence-electron chi connectivity index (χ4n) is 1.27. The second-order valence-electron chi connectivity index (χ2n) is 3.46. The summed E-state index contributed by atoms with van der Waals surface area (Å²) >= 11 is 1.38. The second-order valence-corrected chi connectivity index (χ2v) is 4.38. The maximum absolute atomic E-state index is 10.7. The number of benzene rings is 1. The van der Waals surface area contributed by atoms with E-state index in [0.717, 1.165) is 5.56 Å². The number of nitrogens with zero attached hydrogens (tertiary/aromatic N) is 2. The summed E-state index contributed by atoms with van der Waals surface area (Å²) in [5.41, 5.74) is 6.61. The number of carboxylic acid groups (broad SMARTS) is 1. The zero-order valence-electron chi connectivity index (χ0n) is 9.37. The lowest BCUT2D eigenvalue weighted by Gasteiger charge is -1.99. The van der Waals surface area contributed by atoms with Gasteiger partial charge in [-0.3, -0.25) is 0 Å². The molecule has 0 spiro atoms. The van der Waals surface area contributed by atoms with E-state index in [2.05, 4.69) is 10.2 Å². The Labute approximate surface area is 107 Å². The molecule has 18 heavy (non-hydrogen) atoms. The van der Waals surface area contributed by atoms with Crippen molar-refractivity contribution in [1.82, 2.24) is 10.2 Å². The van der Waals surface area contributed by atoms with Crippen LogP contribution in [0.2, 0.25) is 0 Å². The van der Waals surface area contributed by atoms with Gasteiger partial charge in [0.05, 0.1) is 12.1 Å². The minimum Gasteiger partial charge on any atom is -0.478 e. The van der Waals surface area contributed by atoms with Crippen LogP contribution in [0.3, 0.4) is 0 Å². The van der Waals surface area contributed by atoms with E-state index in [1.54, 1.807) is 24.3 Å². The van der Waals surface area contributed by atoms with E-state index in [1.165, 1.54) is 11.8 Å². The third-order valence-electron chi connectivity index (χ3n) is 2.19. The molecular formula is C11H11N3O3S. The molecule has 0 amide bonds. The Balaban J connectivity index is 1.95. The van der Waals surface area contributed by atoms with E-state index in [-0.39, 0.29) is 12.1 Å². The van der Waals surface area contributed by atoms with Crippen molar-refractivity contribution >= 4 is 17.7 Å². The molecule has 0 saturated carbocycles. The predicted molar refractivity (Wildman–Crippen MR) is 65.2 cm³/mol. The molecule has 0 aliphatic carbocycles. The van der Waals surface area contributed by atoms with Crippen LogP contribution in [0.15, 0.2) is 33.9 Å². The van der Waals surface area contributed by atoms with Crippen LogP contribution in [0.1, 0.15) is 21.8 Å². The summed E-state index contributed by atoms with van der Waals surface area (Å²) in [6.45, 7) is 0.223. The molecule has 0 unspecified atom stereocenters. The van der Waals surface area contributed by atoms with Gasteiger partial charge in [-0.15, -0.1) is 10.2 Å². The number of hydrogen-bond donors (Lipinski definition) is 2. The van der Waals surface area contributed by atoms with Gasteiger partial charge in [-0.1, -0.05) is 23.9 Å². The topological polar surface area (TPSA) is 102 Å². The zero-order valence-corrected chi connectivity index (χ0v) is 10.2. The van der Waals surface area contributed by atoms with Crippen molar-refractivity contribution < 1.29 is 14.3 Å². The van der Waals surface area contributed by atoms with Crippen molar-refractivity contribution in [3.63, 3.8) is 0 Å². The first-order valence-corrected chi connectivity index (χ1v) is 6.15. The zero-order chi connectivity index (χ0) is 13.0. The number of aromatic nitrogens is 2. The quantitative estimate of drug-likeness (QED) is 0.790. The van der Waals surface area contributed by atoms with Crippen LogP contribution in [-0.2, 0) is 12.3 Å². The van der Waals surface area contributed by atoms with E-state index in [1.807, 2.05) is 0 Å². The Bertz CT molecular complexity index is 539. The minimum absolute atomic E-state index is 0.223. The molecule has 1 aromatic carbocycles. The number of nitrogens with two attached hydrogens (primary N) is 1. The summed E-state index contributed by atoms with van der Waals surface area (Å²) in [4.78, 5) is 10.7. The van der Waals surface area contributed by atoms with Gasteiger partial charge in [-0.25, -0.2) is 4.79 Å². The first-order valence-electron chi connectivity index (χ1n) is 5.16. The standard InChI is InChI=1S/C11H11N3O3S/c12-5-9-13-14-11(17-9)18-6-7-1-3-8(4-2-7)10(15)16/h1-4H,5-6,12H2,(H,15,16). The molecule has 0 radical (unpaired) electrons. The van der Waals surface area contributed by atoms with Gasteiger partial charge in [0.2, 0.25) is 5.89 Å². The van der Waals surface area contributed by atoms with Crippen LogP contribution in [0.25, 0.3) is 0 Å². The SMILES string of the molecule is NCc1nnc(SCc2ccc(C(=O)O)cc2)o1. The van der Waals surface area contributed by atoms with E-state index >= 15 is 0 Å². The highest BCUT2D eigenvalue weighted by molar-refractivity contribution is 7.98. The minimum atomic E-state index is -0.932. The number of thioether (sulfide) groups is 1. The smallest absolute Gasteiger partial charge is 0.335 e. The molecule has 0 fully saturated rings. The Kier molecular flexibility index (Phi) is 3.96. The Hall–Kier alpha value is -1.86. The molecule has 7 heteroatoms. The largest absolute Gasteiger partial charge is 0.478 e. The van der Waals surface area contributed by atoms with Crippen molar-refractivity contribution in [2.45, 2.75) is 17.5 Å². The summed E-state index contributed by atoms with van der Waals surface area (Å²) < 4.78 is 5.24. The lowest BCUT2D eigenvalue weighted by atomic mass is 10.1. The van der Waals surface area contributed by atoms with Gasteiger partial charge in [-0.2, -0.15) is 0 Å². The number of carbonyl (C=O) groups is 1. The maximum atomic E-state index is 10.7. The summed E-state index contributed by atoms with van der Waals surface area (Å²) in [5.74, 6) is 0.101. The lowest BCUT2D eigenvalue weighted by Crippen LogP contribution is -1.95. The molecule has 6 nitrogen and oxygen atoms in total. The molecule has 0 aliphatic rings. The van der Waals surface area contributed by atoms with Crippen LogP contribution in [0.4, 0.5) is 0 Å². The first kappa shape index (κ1) is 12.6. The average molecular weight is 265 g/mol. The van der Waals surface area contributed by atoms with Crippen molar-refractivity contribution in [1.29, 1.82) is 0 Å². The fourth-order valence-corrected chi connectivity index (χ4v) is 2.00. The molecule has 0 bridgehead atoms. The Morgan fingerprint density at radius 2 is 2.06 bits per heavy atom. The number of carboxylic acids is 1. The summed E-state index contributed by atoms with van der Waals surface area (Å²) in [5, 5.41) is 16.8. The molecule has 2 rings (SSSR count). The van der Waals surface area contributed by atoms with Gasteiger partial charge >= 0.3 is 5.97 Å². The third kappa shape index (κ3) is 3.08. The normalized spacial score (nSPS) is 10.5. The molecule has 3 N–H and O–H groups in total. The number of rotatable bonds is 5. The molecule has 1 aromatic heterocycles. The summed E-state index contributed by atoms with van der Waals surface area (Å²) in [6.07, 6.45) is 0. The lowest BCUT2D eigenvalue weighted by molar-refractivity contribution is 0.0697. The van der Waals surface area contributed by atoms with Crippen molar-refractivity contribution in [2.75, 3.05) is 0 Å². The van der Waals surface area contributed by atoms with Crippen LogP contribution >= 0.6 is 11.8 Å². The highest BCUT2D eigenvalue weighted by Crippen LogP contribution is 2.21. The second kappa shape index (κ2) is 5.65. The highest BCUT2D eigenvalue weighted by atomic mass is 32.2. The van der Waals surface area contributed by atoms with Crippen molar-refractivity contribution in [2.24, 2.45) is 5.73 Å². The van der Waals surface area contributed by atoms with Crippen LogP contribution in [-0.4, -0.2) is 21.3 Å². The Morgan fingerprint density at radius 1 is 1.33 bits per heavy atom. The summed E-state index contributed by atoms with van der Waals surface area (Å²) in [6, 6.07) is 6.65. The van der Waals surface area contributed by atoms with Crippen LogP contribution in [0.5, 0.6) is 0 Å². The number of hydrogen-bond acceptors (Lipinski definition) is 6. The van der Waals surface area contributed by atoms with Gasteiger partial charge in [0, 0.05) is 5.75 Å². The molecule has 1 heterocycles. The van der Waals surface area contributed by atoms with Crippen LogP contribution in [0, 0.1) is 0 Å². The van der Waals surface area contributed by atoms with E-state index < -0.39 is 5.97 Å². The maximum Gasteiger partial charge on any atom is 0.335 e. The van der Waals surface area contributed by atoms with Gasteiger partial charge in [0.25, 0.3) is 5.22 Å². The van der Waals surface area contributed by atoms with Gasteiger partial charge < -0.3 is 15.3 Å². The molecule has 2 aromatic rings. The predicted octanol–water partition coefficient (Wildman–Crippen LogP) is 1.52. The fraction of sp³-hybridized carbons (Fsp3) is 0.182. The highest BCUT2D eigenvalue weighted by Gasteiger charge is 2.06. The number of aromatic carboxylic acids is 1. The van der Waals surface area contributed by atoms with Crippen molar-refractivity contribution in [3.8, 4) is 0 Å². The molecule has 0 saturated heterocycles. The molecule has 0 atom stereocenters. The molecular weight excluding hydrogens is 254 g/mol. The van der Waals surface area contributed by atoms with E-state index in [4.69, 9.17) is 15.3 Å². The van der Waals surface area contributed by atoms with E-state index in [0.29, 0.717) is 16.9 Å². The monoisotopic (exact) mass is 265 g/mol. The molecule has 0 aliphatic heterocycles.